The Morgan fingerprint density at radius 3 is 2.50 bits per heavy atom. The van der Waals surface area contributed by atoms with Crippen LogP contribution in [0.4, 0.5) is 4.79 Å². The van der Waals surface area contributed by atoms with Crippen LogP contribution in [-0.2, 0) is 13.0 Å². The largest absolute Gasteiger partial charge is 0.492 e. The SMILES string of the molecule is O=C(O)NCCc1ccc(OCCn2c(=O)sc3cc(/C(=N/O)c4ccccc4)ccc32)cc1. The number of ether oxygens (including phenoxy) is 1. The Morgan fingerprint density at radius 1 is 1.03 bits per heavy atom. The minimum Gasteiger partial charge on any atom is -0.492 e. The summed E-state index contributed by atoms with van der Waals surface area (Å²) in [6, 6.07) is 22.4. The number of aromatic nitrogens is 1. The zero-order valence-corrected chi connectivity index (χ0v) is 19.0. The summed E-state index contributed by atoms with van der Waals surface area (Å²) in [4.78, 5) is 23.0. The smallest absolute Gasteiger partial charge is 0.404 e. The van der Waals surface area contributed by atoms with Gasteiger partial charge in [-0.15, -0.1) is 0 Å². The van der Waals surface area contributed by atoms with E-state index in [0.717, 1.165) is 38.2 Å². The number of benzene rings is 3. The van der Waals surface area contributed by atoms with Gasteiger partial charge in [0.05, 0.1) is 16.8 Å². The highest BCUT2D eigenvalue weighted by Gasteiger charge is 2.13. The van der Waals surface area contributed by atoms with Crippen molar-refractivity contribution >= 4 is 33.4 Å². The molecule has 8 nitrogen and oxygen atoms in total. The summed E-state index contributed by atoms with van der Waals surface area (Å²) >= 11 is 1.14. The molecule has 3 aromatic carbocycles. The average molecular weight is 478 g/mol. The van der Waals surface area contributed by atoms with Crippen molar-refractivity contribution in [3.63, 3.8) is 0 Å². The molecular formula is C25H23N3O5S. The number of carbonyl (C=O) groups is 1. The van der Waals surface area contributed by atoms with E-state index in [-0.39, 0.29) is 4.87 Å². The molecule has 1 aromatic heterocycles. The summed E-state index contributed by atoms with van der Waals surface area (Å²) in [5, 5.41) is 24.0. The molecule has 0 aliphatic rings. The molecule has 0 unspecified atom stereocenters. The molecule has 0 spiro atoms. The van der Waals surface area contributed by atoms with E-state index in [1.807, 2.05) is 72.8 Å². The highest BCUT2D eigenvalue weighted by molar-refractivity contribution is 7.16. The predicted molar refractivity (Wildman–Crippen MR) is 132 cm³/mol. The number of thiazole rings is 1. The molecule has 0 saturated heterocycles. The quantitative estimate of drug-likeness (QED) is 0.190. The Hall–Kier alpha value is -4.11. The molecule has 0 fully saturated rings. The number of nitrogens with one attached hydrogen (secondary N) is 1. The van der Waals surface area contributed by atoms with Crippen LogP contribution >= 0.6 is 11.3 Å². The number of hydrogen-bond acceptors (Lipinski definition) is 6. The fraction of sp³-hybridized carbons (Fsp3) is 0.160. The molecule has 174 valence electrons. The second-order valence-corrected chi connectivity index (χ2v) is 8.48. The number of carboxylic acid groups (broad SMARTS) is 1. The number of rotatable bonds is 9. The molecule has 0 bridgehead atoms. The van der Waals surface area contributed by atoms with Crippen molar-refractivity contribution in [1.82, 2.24) is 9.88 Å². The predicted octanol–water partition coefficient (Wildman–Crippen LogP) is 4.18. The first-order valence-corrected chi connectivity index (χ1v) is 11.5. The minimum atomic E-state index is -1.04. The minimum absolute atomic E-state index is 0.0840. The van der Waals surface area contributed by atoms with Crippen molar-refractivity contribution in [3.05, 3.63) is 99.2 Å². The molecule has 0 radical (unpaired) electrons. The molecule has 0 aliphatic heterocycles. The van der Waals surface area contributed by atoms with E-state index in [1.165, 1.54) is 0 Å². The van der Waals surface area contributed by atoms with Crippen LogP contribution < -0.4 is 14.9 Å². The molecule has 34 heavy (non-hydrogen) atoms. The van der Waals surface area contributed by atoms with Gasteiger partial charge in [-0.25, -0.2) is 4.79 Å². The lowest BCUT2D eigenvalue weighted by Crippen LogP contribution is -2.23. The maximum atomic E-state index is 12.6. The third kappa shape index (κ3) is 5.44. The highest BCUT2D eigenvalue weighted by Crippen LogP contribution is 2.22. The van der Waals surface area contributed by atoms with Gasteiger partial charge in [0.15, 0.2) is 0 Å². The average Bonchev–Trinajstić information content (AvgIpc) is 3.15. The number of oxime groups is 1. The topological polar surface area (TPSA) is 113 Å². The summed E-state index contributed by atoms with van der Waals surface area (Å²) in [7, 11) is 0. The molecule has 9 heteroatoms. The molecule has 4 rings (SSSR count). The van der Waals surface area contributed by atoms with Gasteiger partial charge in [-0.2, -0.15) is 0 Å². The molecule has 1 amide bonds. The van der Waals surface area contributed by atoms with Crippen molar-refractivity contribution in [2.45, 2.75) is 13.0 Å². The molecule has 3 N–H and O–H groups in total. The molecule has 0 atom stereocenters. The maximum absolute atomic E-state index is 12.6. The van der Waals surface area contributed by atoms with Crippen LogP contribution in [0, 0.1) is 0 Å². The van der Waals surface area contributed by atoms with E-state index in [2.05, 4.69) is 10.5 Å². The van der Waals surface area contributed by atoms with Gasteiger partial charge >= 0.3 is 11.0 Å². The van der Waals surface area contributed by atoms with Crippen LogP contribution in [0.25, 0.3) is 10.2 Å². The van der Waals surface area contributed by atoms with Crippen molar-refractivity contribution in [1.29, 1.82) is 0 Å². The van der Waals surface area contributed by atoms with E-state index in [1.54, 1.807) is 4.57 Å². The third-order valence-corrected chi connectivity index (χ3v) is 6.23. The van der Waals surface area contributed by atoms with Gasteiger partial charge in [-0.3, -0.25) is 9.36 Å². The number of fused-ring (bicyclic) bond motifs is 1. The summed E-state index contributed by atoms with van der Waals surface area (Å²) in [5.41, 5.74) is 3.76. The van der Waals surface area contributed by atoms with Crippen molar-refractivity contribution in [3.8, 4) is 5.75 Å². The van der Waals surface area contributed by atoms with E-state index >= 15 is 0 Å². The normalized spacial score (nSPS) is 11.5. The second kappa shape index (κ2) is 10.7. The fourth-order valence-electron chi connectivity index (χ4n) is 3.62. The number of nitrogens with zero attached hydrogens (tertiary/aromatic N) is 2. The molecule has 0 aliphatic carbocycles. The van der Waals surface area contributed by atoms with Crippen LogP contribution in [0.5, 0.6) is 5.75 Å². The van der Waals surface area contributed by atoms with Gasteiger partial charge in [0.1, 0.15) is 18.1 Å². The van der Waals surface area contributed by atoms with Crippen molar-refractivity contribution in [2.75, 3.05) is 13.2 Å². The van der Waals surface area contributed by atoms with Gasteiger partial charge < -0.3 is 20.4 Å². The second-order valence-electron chi connectivity index (χ2n) is 7.49. The first-order chi connectivity index (χ1) is 16.5. The van der Waals surface area contributed by atoms with Gasteiger partial charge in [0.25, 0.3) is 0 Å². The number of amides is 1. The number of hydrogen-bond donors (Lipinski definition) is 3. The zero-order chi connectivity index (χ0) is 23.9. The summed E-state index contributed by atoms with van der Waals surface area (Å²) in [6.07, 6.45) is -0.441. The Morgan fingerprint density at radius 2 is 1.79 bits per heavy atom. The zero-order valence-electron chi connectivity index (χ0n) is 18.2. The first kappa shape index (κ1) is 23.1. The van der Waals surface area contributed by atoms with Gasteiger partial charge in [-0.05, 0) is 36.2 Å². The Bertz CT molecular complexity index is 1360. The van der Waals surface area contributed by atoms with Crippen LogP contribution in [0.1, 0.15) is 16.7 Å². The van der Waals surface area contributed by atoms with E-state index in [0.29, 0.717) is 37.6 Å². The Kier molecular flexibility index (Phi) is 7.24. The lowest BCUT2D eigenvalue weighted by atomic mass is 10.0. The molecule has 4 aromatic rings. The van der Waals surface area contributed by atoms with Crippen LogP contribution in [0.3, 0.4) is 0 Å². The standard InChI is InChI=1S/C25H23N3O5S/c29-24(30)26-13-12-17-6-9-20(10-7-17)33-15-14-28-21-11-8-19(16-22(21)34-25(28)31)23(27-32)18-4-2-1-3-5-18/h1-11,16,26,32H,12-15H2,(H,29,30)/b27-23+. The summed E-state index contributed by atoms with van der Waals surface area (Å²) in [5.74, 6) is 0.677. The van der Waals surface area contributed by atoms with Crippen molar-refractivity contribution in [2.24, 2.45) is 5.16 Å². The monoisotopic (exact) mass is 477 g/mol. The van der Waals surface area contributed by atoms with E-state index in [9.17, 15) is 14.8 Å². The van der Waals surface area contributed by atoms with E-state index < -0.39 is 6.09 Å². The Labute approximate surface area is 199 Å². The van der Waals surface area contributed by atoms with Crippen LogP contribution in [0.2, 0.25) is 0 Å². The first-order valence-electron chi connectivity index (χ1n) is 10.6. The van der Waals surface area contributed by atoms with E-state index in [4.69, 9.17) is 9.84 Å². The van der Waals surface area contributed by atoms with Crippen LogP contribution in [0.15, 0.2) is 82.7 Å². The fourth-order valence-corrected chi connectivity index (χ4v) is 4.58. The maximum Gasteiger partial charge on any atom is 0.404 e. The van der Waals surface area contributed by atoms with Gasteiger partial charge in [0.2, 0.25) is 0 Å². The van der Waals surface area contributed by atoms with Crippen molar-refractivity contribution < 1.29 is 19.8 Å². The van der Waals surface area contributed by atoms with Gasteiger partial charge in [-0.1, -0.05) is 65.0 Å². The summed E-state index contributed by atoms with van der Waals surface area (Å²) in [6.45, 7) is 1.06. The Balaban J connectivity index is 1.41. The lowest BCUT2D eigenvalue weighted by molar-refractivity contribution is 0.194. The van der Waals surface area contributed by atoms with Gasteiger partial charge in [0, 0.05) is 17.7 Å². The highest BCUT2D eigenvalue weighted by atomic mass is 32.1. The molecule has 1 heterocycles. The lowest BCUT2D eigenvalue weighted by Gasteiger charge is -2.09. The molecule has 0 saturated carbocycles. The van der Waals surface area contributed by atoms with Crippen LogP contribution in [-0.4, -0.2) is 39.8 Å². The third-order valence-electron chi connectivity index (χ3n) is 5.29. The summed E-state index contributed by atoms with van der Waals surface area (Å²) < 4.78 is 8.28. The molecular weight excluding hydrogens is 454 g/mol.